The molecule has 0 spiro atoms. The third-order valence-electron chi connectivity index (χ3n) is 8.23. The summed E-state index contributed by atoms with van der Waals surface area (Å²) in [6, 6.07) is 8.47. The van der Waals surface area contributed by atoms with Crippen molar-refractivity contribution < 1.29 is 52.1 Å². The van der Waals surface area contributed by atoms with Gasteiger partial charge < -0.3 is 52.1 Å². The molecule has 0 saturated carbocycles. The molecule has 0 aliphatic heterocycles. The number of ether oxygens (including phenoxy) is 11. The third-order valence-corrected chi connectivity index (χ3v) is 8.23. The van der Waals surface area contributed by atoms with Crippen LogP contribution in [0.3, 0.4) is 0 Å². The quantitative estimate of drug-likeness (QED) is 0.0619. The van der Waals surface area contributed by atoms with E-state index in [1.54, 1.807) is 0 Å². The zero-order valence-corrected chi connectivity index (χ0v) is 33.8. The summed E-state index contributed by atoms with van der Waals surface area (Å²) in [6.07, 6.45) is 16.8. The van der Waals surface area contributed by atoms with Crippen LogP contribution in [0.15, 0.2) is 24.3 Å². The minimum absolute atomic E-state index is 0.520. The number of hydrogen-bond acceptors (Lipinski definition) is 11. The molecule has 0 heterocycles. The number of aryl methyl sites for hydroxylation is 1. The van der Waals surface area contributed by atoms with Crippen molar-refractivity contribution >= 4 is 0 Å². The molecule has 0 saturated heterocycles. The molecule has 0 fully saturated rings. The molecule has 0 atom stereocenters. The van der Waals surface area contributed by atoms with Gasteiger partial charge in [-0.15, -0.1) is 0 Å². The maximum absolute atomic E-state index is 5.79. The van der Waals surface area contributed by atoms with E-state index in [1.165, 1.54) is 76.2 Å². The zero-order chi connectivity index (χ0) is 37.8. The highest BCUT2D eigenvalue weighted by Crippen LogP contribution is 2.15. The molecule has 0 aliphatic carbocycles. The number of hydrogen-bond donors (Lipinski definition) is 0. The average molecular weight is 759 g/mol. The van der Waals surface area contributed by atoms with Gasteiger partial charge in [-0.1, -0.05) is 90.2 Å². The second kappa shape index (κ2) is 43.3. The molecule has 312 valence electrons. The molecule has 11 nitrogen and oxygen atoms in total. The molecule has 0 aliphatic rings. The molecular weight excluding hydrogens is 680 g/mol. The Bertz CT molecular complexity index is 815. The van der Waals surface area contributed by atoms with Crippen molar-refractivity contribution in [3.63, 3.8) is 0 Å². The first-order valence-electron chi connectivity index (χ1n) is 20.9. The van der Waals surface area contributed by atoms with Crippen molar-refractivity contribution in [1.29, 1.82) is 0 Å². The second-order valence-electron chi connectivity index (χ2n) is 12.9. The lowest BCUT2D eigenvalue weighted by Crippen LogP contribution is -2.15. The highest BCUT2D eigenvalue weighted by molar-refractivity contribution is 5.27. The molecule has 0 N–H and O–H groups in total. The lowest BCUT2D eigenvalue weighted by atomic mass is 10.0. The van der Waals surface area contributed by atoms with Gasteiger partial charge in [-0.3, -0.25) is 0 Å². The van der Waals surface area contributed by atoms with Gasteiger partial charge in [0.1, 0.15) is 12.4 Å². The Morgan fingerprint density at radius 3 is 0.925 bits per heavy atom. The first-order chi connectivity index (χ1) is 26.4. The topological polar surface area (TPSA) is 102 Å². The van der Waals surface area contributed by atoms with E-state index in [4.69, 9.17) is 52.1 Å². The van der Waals surface area contributed by atoms with E-state index in [0.717, 1.165) is 25.2 Å². The average Bonchev–Trinajstić information content (AvgIpc) is 3.18. The molecule has 1 aromatic carbocycles. The molecule has 0 unspecified atom stereocenters. The second-order valence-corrected chi connectivity index (χ2v) is 12.9. The smallest absolute Gasteiger partial charge is 0.119 e. The van der Waals surface area contributed by atoms with Crippen LogP contribution in [0.1, 0.15) is 96.5 Å². The van der Waals surface area contributed by atoms with Gasteiger partial charge in [0, 0.05) is 6.61 Å². The van der Waals surface area contributed by atoms with E-state index in [-0.39, 0.29) is 0 Å². The van der Waals surface area contributed by atoms with Gasteiger partial charge in [0.05, 0.1) is 126 Å². The third kappa shape index (κ3) is 38.7. The van der Waals surface area contributed by atoms with Crippen LogP contribution in [0.5, 0.6) is 5.75 Å². The monoisotopic (exact) mass is 759 g/mol. The first-order valence-corrected chi connectivity index (χ1v) is 20.9. The van der Waals surface area contributed by atoms with Gasteiger partial charge in [-0.25, -0.2) is 0 Å². The number of benzene rings is 1. The van der Waals surface area contributed by atoms with Crippen molar-refractivity contribution in [3.8, 4) is 5.75 Å². The van der Waals surface area contributed by atoms with Crippen LogP contribution in [0, 0.1) is 0 Å². The van der Waals surface area contributed by atoms with E-state index in [9.17, 15) is 0 Å². The molecule has 0 aromatic heterocycles. The number of unbranched alkanes of at least 4 members (excludes halogenated alkanes) is 10. The Kier molecular flexibility index (Phi) is 40.6. The summed E-state index contributed by atoms with van der Waals surface area (Å²) >= 11 is 0. The predicted octanol–water partition coefficient (Wildman–Crippen LogP) is 7.49. The molecule has 1 rings (SSSR count). The minimum atomic E-state index is 0.520. The summed E-state index contributed by atoms with van der Waals surface area (Å²) < 4.78 is 61.1. The molecule has 0 radical (unpaired) electrons. The molecular formula is C42H78O11. The Hall–Kier alpha value is -1.38. The van der Waals surface area contributed by atoms with Crippen LogP contribution in [0.2, 0.25) is 0 Å². The van der Waals surface area contributed by atoms with E-state index in [2.05, 4.69) is 38.1 Å². The Labute approximate surface area is 323 Å². The molecule has 1 aromatic rings. The van der Waals surface area contributed by atoms with Gasteiger partial charge in [0.2, 0.25) is 0 Å². The van der Waals surface area contributed by atoms with E-state index < -0.39 is 0 Å². The van der Waals surface area contributed by atoms with Crippen molar-refractivity contribution in [2.45, 2.75) is 97.3 Å². The van der Waals surface area contributed by atoms with Gasteiger partial charge in [-0.2, -0.15) is 0 Å². The summed E-state index contributed by atoms with van der Waals surface area (Å²) in [6.45, 7) is 16.2. The van der Waals surface area contributed by atoms with Crippen LogP contribution in [-0.4, -0.2) is 139 Å². The normalized spacial score (nSPS) is 11.5. The van der Waals surface area contributed by atoms with Crippen molar-refractivity contribution in [3.05, 3.63) is 29.8 Å². The summed E-state index contributed by atoms with van der Waals surface area (Å²) in [5, 5.41) is 0. The summed E-state index contributed by atoms with van der Waals surface area (Å²) in [5.41, 5.74) is 1.38. The standard InChI is InChI=1S/C42H78O11/c1-3-5-7-9-10-11-13-15-41-16-18-42(19-17-41)53-40-39-52-38-37-51-36-35-50-34-33-49-32-31-48-30-29-47-28-27-46-26-25-45-24-23-44-22-21-43-20-14-12-8-6-4-2/h16-19H,3-15,20-40H2,1-2H3. The van der Waals surface area contributed by atoms with Gasteiger partial charge in [-0.05, 0) is 37.0 Å². The molecule has 53 heavy (non-hydrogen) atoms. The fourth-order valence-corrected chi connectivity index (χ4v) is 5.15. The van der Waals surface area contributed by atoms with Gasteiger partial charge in [0.15, 0.2) is 0 Å². The van der Waals surface area contributed by atoms with Crippen LogP contribution < -0.4 is 4.74 Å². The van der Waals surface area contributed by atoms with Crippen LogP contribution in [0.4, 0.5) is 0 Å². The highest BCUT2D eigenvalue weighted by Gasteiger charge is 1.99. The number of rotatable bonds is 45. The lowest BCUT2D eigenvalue weighted by Gasteiger charge is -2.09. The van der Waals surface area contributed by atoms with Crippen molar-refractivity contribution in [2.24, 2.45) is 0 Å². The molecule has 0 amide bonds. The summed E-state index contributed by atoms with van der Waals surface area (Å²) in [5.74, 6) is 0.889. The van der Waals surface area contributed by atoms with Crippen molar-refractivity contribution in [1.82, 2.24) is 0 Å². The Morgan fingerprint density at radius 1 is 0.283 bits per heavy atom. The van der Waals surface area contributed by atoms with E-state index in [0.29, 0.717) is 132 Å². The highest BCUT2D eigenvalue weighted by atomic mass is 16.6. The SMILES string of the molecule is CCCCCCCCCc1ccc(OCCOCCOCCOCCOCCOCCOCCOCCOCCOCCOCCCCCCC)cc1. The van der Waals surface area contributed by atoms with Crippen molar-refractivity contribution in [2.75, 3.05) is 139 Å². The minimum Gasteiger partial charge on any atom is -0.491 e. The summed E-state index contributed by atoms with van der Waals surface area (Å²) in [7, 11) is 0. The van der Waals surface area contributed by atoms with E-state index in [1.807, 2.05) is 0 Å². The lowest BCUT2D eigenvalue weighted by molar-refractivity contribution is -0.0267. The van der Waals surface area contributed by atoms with Crippen LogP contribution in [0.25, 0.3) is 0 Å². The fraction of sp³-hybridized carbons (Fsp3) is 0.857. The fourth-order valence-electron chi connectivity index (χ4n) is 5.15. The Balaban J connectivity index is 1.68. The maximum Gasteiger partial charge on any atom is 0.119 e. The zero-order valence-electron chi connectivity index (χ0n) is 33.8. The first kappa shape index (κ1) is 49.6. The Morgan fingerprint density at radius 2 is 0.566 bits per heavy atom. The van der Waals surface area contributed by atoms with E-state index >= 15 is 0 Å². The van der Waals surface area contributed by atoms with Gasteiger partial charge >= 0.3 is 0 Å². The maximum atomic E-state index is 5.79. The predicted molar refractivity (Wildman–Crippen MR) is 211 cm³/mol. The van der Waals surface area contributed by atoms with Crippen LogP contribution in [-0.2, 0) is 53.8 Å². The largest absolute Gasteiger partial charge is 0.491 e. The molecule has 11 heteroatoms. The van der Waals surface area contributed by atoms with Gasteiger partial charge in [0.25, 0.3) is 0 Å². The summed E-state index contributed by atoms with van der Waals surface area (Å²) in [4.78, 5) is 0. The molecule has 0 bridgehead atoms. The van der Waals surface area contributed by atoms with Crippen LogP contribution >= 0.6 is 0 Å².